The van der Waals surface area contributed by atoms with Gasteiger partial charge in [-0.05, 0) is 49.1 Å². The maximum atomic E-state index is 11.1. The van der Waals surface area contributed by atoms with Crippen LogP contribution in [0.5, 0.6) is 0 Å². The highest BCUT2D eigenvalue weighted by atomic mass is 16.5. The number of nitrogens with zero attached hydrogens (tertiary/aromatic N) is 3. The van der Waals surface area contributed by atoms with Gasteiger partial charge in [0, 0.05) is 25.4 Å². The summed E-state index contributed by atoms with van der Waals surface area (Å²) in [7, 11) is 0. The van der Waals surface area contributed by atoms with Crippen LogP contribution in [0.25, 0.3) is 11.7 Å². The van der Waals surface area contributed by atoms with Crippen molar-refractivity contribution in [1.29, 1.82) is 0 Å². The van der Waals surface area contributed by atoms with E-state index >= 15 is 0 Å². The number of carbonyl (C=O) groups excluding carboxylic acids is 1. The Balaban J connectivity index is 2.28. The van der Waals surface area contributed by atoms with Crippen LogP contribution < -0.4 is 5.48 Å². The van der Waals surface area contributed by atoms with Crippen LogP contribution in [0.2, 0.25) is 0 Å². The maximum Gasteiger partial charge on any atom is 0.267 e. The predicted octanol–water partition coefficient (Wildman–Crippen LogP) is 3.42. The zero-order valence-corrected chi connectivity index (χ0v) is 16.4. The molecule has 6 heteroatoms. The molecule has 2 N–H and O–H groups in total. The van der Waals surface area contributed by atoms with Crippen molar-refractivity contribution in [3.8, 4) is 0 Å². The minimum absolute atomic E-state index is 0.245. The molecule has 2 aromatic heterocycles. The number of amides is 1. The molecule has 2 aromatic rings. The van der Waals surface area contributed by atoms with Crippen molar-refractivity contribution in [2.24, 2.45) is 5.41 Å². The Morgan fingerprint density at radius 1 is 1.42 bits per heavy atom. The summed E-state index contributed by atoms with van der Waals surface area (Å²) >= 11 is 0. The Bertz CT molecular complexity index is 787. The van der Waals surface area contributed by atoms with Gasteiger partial charge in [-0.3, -0.25) is 14.9 Å². The first-order valence-corrected chi connectivity index (χ1v) is 9.05. The summed E-state index contributed by atoms with van der Waals surface area (Å²) in [6, 6.07) is 3.87. The number of carbonyl (C=O) groups is 1. The summed E-state index contributed by atoms with van der Waals surface area (Å²) < 4.78 is 2.12. The van der Waals surface area contributed by atoms with E-state index in [9.17, 15) is 4.79 Å². The van der Waals surface area contributed by atoms with E-state index in [0.29, 0.717) is 0 Å². The van der Waals surface area contributed by atoms with Gasteiger partial charge >= 0.3 is 0 Å². The molecule has 0 aliphatic carbocycles. The lowest BCUT2D eigenvalue weighted by molar-refractivity contribution is -0.124. The third-order valence-electron chi connectivity index (χ3n) is 4.10. The van der Waals surface area contributed by atoms with E-state index < -0.39 is 5.91 Å². The van der Waals surface area contributed by atoms with Gasteiger partial charge in [0.05, 0.1) is 11.4 Å². The molecule has 0 spiro atoms. The molecule has 0 unspecified atom stereocenters. The van der Waals surface area contributed by atoms with E-state index in [1.165, 1.54) is 11.8 Å². The largest absolute Gasteiger partial charge is 0.302 e. The van der Waals surface area contributed by atoms with Crippen molar-refractivity contribution < 1.29 is 10.0 Å². The molecular weight excluding hydrogens is 328 g/mol. The van der Waals surface area contributed by atoms with Gasteiger partial charge in [-0.15, -0.1) is 0 Å². The van der Waals surface area contributed by atoms with Crippen molar-refractivity contribution in [2.45, 2.75) is 47.6 Å². The van der Waals surface area contributed by atoms with E-state index in [-0.39, 0.29) is 5.41 Å². The van der Waals surface area contributed by atoms with Crippen molar-refractivity contribution >= 4 is 17.6 Å². The van der Waals surface area contributed by atoms with Gasteiger partial charge in [-0.2, -0.15) is 0 Å². The first-order chi connectivity index (χ1) is 12.2. The highest BCUT2D eigenvalue weighted by Crippen LogP contribution is 2.20. The maximum absolute atomic E-state index is 11.1. The molecule has 26 heavy (non-hydrogen) atoms. The van der Waals surface area contributed by atoms with Crippen LogP contribution in [0, 0.1) is 12.3 Å². The number of rotatable bonds is 7. The summed E-state index contributed by atoms with van der Waals surface area (Å²) in [5.41, 5.74) is 5.77. The zero-order chi connectivity index (χ0) is 19.3. The van der Waals surface area contributed by atoms with Crippen LogP contribution in [0.4, 0.5) is 0 Å². The fourth-order valence-corrected chi connectivity index (χ4v) is 3.15. The Morgan fingerprint density at radius 3 is 2.77 bits per heavy atom. The molecule has 0 fully saturated rings. The molecule has 0 saturated carbocycles. The third kappa shape index (κ3) is 5.41. The molecule has 0 saturated heterocycles. The molecule has 2 rings (SSSR count). The summed E-state index contributed by atoms with van der Waals surface area (Å²) in [5.74, 6) is -0.553. The van der Waals surface area contributed by atoms with Gasteiger partial charge in [0.1, 0.15) is 5.65 Å². The number of pyridine rings is 1. The number of nitrogens with one attached hydrogen (secondary N) is 1. The SMILES string of the molecule is CCCN(Cc1c(C)nc2cc(C=CC(=O)NO)ccn12)CC(C)(C)C. The fraction of sp³-hybridized carbons (Fsp3) is 0.500. The molecule has 142 valence electrons. The summed E-state index contributed by atoms with van der Waals surface area (Å²) in [6.45, 7) is 14.0. The van der Waals surface area contributed by atoms with Gasteiger partial charge in [0.25, 0.3) is 5.91 Å². The number of hydroxylamine groups is 1. The molecular formula is C20H30N4O2. The number of hydrogen-bond acceptors (Lipinski definition) is 4. The van der Waals surface area contributed by atoms with Crippen LogP contribution in [0.1, 0.15) is 51.1 Å². The number of aromatic nitrogens is 2. The van der Waals surface area contributed by atoms with E-state index in [0.717, 1.165) is 43.0 Å². The van der Waals surface area contributed by atoms with Crippen molar-refractivity contribution in [1.82, 2.24) is 19.8 Å². The van der Waals surface area contributed by atoms with Gasteiger partial charge in [-0.25, -0.2) is 10.5 Å². The van der Waals surface area contributed by atoms with E-state index in [1.54, 1.807) is 11.6 Å². The molecule has 0 bridgehead atoms. The van der Waals surface area contributed by atoms with E-state index in [1.807, 2.05) is 25.3 Å². The molecule has 0 aromatic carbocycles. The molecule has 6 nitrogen and oxygen atoms in total. The monoisotopic (exact) mass is 358 g/mol. The minimum Gasteiger partial charge on any atom is -0.302 e. The second-order valence-corrected chi connectivity index (χ2v) is 7.91. The Morgan fingerprint density at radius 2 is 2.15 bits per heavy atom. The van der Waals surface area contributed by atoms with Crippen LogP contribution in [0.3, 0.4) is 0 Å². The number of fused-ring (bicyclic) bond motifs is 1. The standard InChI is InChI=1S/C20H30N4O2/c1-6-10-23(14-20(3,4)5)13-17-15(2)21-18-12-16(9-11-24(17)18)7-8-19(25)22-26/h7-9,11-12,26H,6,10,13-14H2,1-5H3,(H,22,25). The Hall–Kier alpha value is -2.18. The number of hydrogen-bond donors (Lipinski definition) is 2. The number of imidazole rings is 1. The van der Waals surface area contributed by atoms with Crippen LogP contribution in [0.15, 0.2) is 24.4 Å². The molecule has 1 amide bonds. The highest BCUT2D eigenvalue weighted by molar-refractivity contribution is 5.90. The molecule has 0 aliphatic rings. The lowest BCUT2D eigenvalue weighted by Crippen LogP contribution is -2.33. The lowest BCUT2D eigenvalue weighted by Gasteiger charge is -2.29. The van der Waals surface area contributed by atoms with Gasteiger partial charge < -0.3 is 4.40 Å². The first-order valence-electron chi connectivity index (χ1n) is 9.05. The third-order valence-corrected chi connectivity index (χ3v) is 4.10. The van der Waals surface area contributed by atoms with Crippen LogP contribution in [-0.2, 0) is 11.3 Å². The van der Waals surface area contributed by atoms with Crippen molar-refractivity contribution in [3.05, 3.63) is 41.4 Å². The van der Waals surface area contributed by atoms with Crippen molar-refractivity contribution in [3.63, 3.8) is 0 Å². The predicted molar refractivity (Wildman–Crippen MR) is 104 cm³/mol. The average molecular weight is 358 g/mol. The van der Waals surface area contributed by atoms with Crippen LogP contribution >= 0.6 is 0 Å². The fourth-order valence-electron chi connectivity index (χ4n) is 3.15. The average Bonchev–Trinajstić information content (AvgIpc) is 2.86. The molecule has 2 heterocycles. The summed E-state index contributed by atoms with van der Waals surface area (Å²) in [4.78, 5) is 18.3. The molecule has 0 aliphatic heterocycles. The second kappa shape index (κ2) is 8.47. The topological polar surface area (TPSA) is 69.9 Å². The van der Waals surface area contributed by atoms with E-state index in [2.05, 4.69) is 42.0 Å². The second-order valence-electron chi connectivity index (χ2n) is 7.91. The minimum atomic E-state index is -0.553. The van der Waals surface area contributed by atoms with Gasteiger partial charge in [0.2, 0.25) is 0 Å². The Labute approximate surface area is 155 Å². The zero-order valence-electron chi connectivity index (χ0n) is 16.4. The quantitative estimate of drug-likeness (QED) is 0.452. The summed E-state index contributed by atoms with van der Waals surface area (Å²) in [5, 5.41) is 8.56. The first kappa shape index (κ1) is 20.1. The highest BCUT2D eigenvalue weighted by Gasteiger charge is 2.19. The smallest absolute Gasteiger partial charge is 0.267 e. The van der Waals surface area contributed by atoms with Gasteiger partial charge in [-0.1, -0.05) is 27.7 Å². The molecule has 0 atom stereocenters. The van der Waals surface area contributed by atoms with Crippen LogP contribution in [-0.4, -0.2) is 38.5 Å². The van der Waals surface area contributed by atoms with Crippen molar-refractivity contribution in [2.75, 3.05) is 13.1 Å². The molecule has 0 radical (unpaired) electrons. The Kier molecular flexibility index (Phi) is 6.56. The normalized spacial score (nSPS) is 12.4. The van der Waals surface area contributed by atoms with Gasteiger partial charge in [0.15, 0.2) is 0 Å². The number of aryl methyl sites for hydroxylation is 1. The lowest BCUT2D eigenvalue weighted by atomic mass is 9.96. The van der Waals surface area contributed by atoms with E-state index in [4.69, 9.17) is 5.21 Å². The summed E-state index contributed by atoms with van der Waals surface area (Å²) in [6.07, 6.45) is 6.04.